The summed E-state index contributed by atoms with van der Waals surface area (Å²) in [4.78, 5) is 6.86. The molecule has 4 heteroatoms. The van der Waals surface area contributed by atoms with Gasteiger partial charge in [0.2, 0.25) is 0 Å². The Morgan fingerprint density at radius 1 is 1.10 bits per heavy atom. The Balaban J connectivity index is 1.62. The Bertz CT molecular complexity index is 604. The molecule has 0 aliphatic carbocycles. The molecule has 1 N–H and O–H groups in total. The van der Waals surface area contributed by atoms with Crippen LogP contribution in [0, 0.1) is 6.92 Å². The second-order valence-electron chi connectivity index (χ2n) is 5.48. The third-order valence-corrected chi connectivity index (χ3v) is 4.38. The predicted octanol–water partition coefficient (Wildman–Crippen LogP) is 4.36. The van der Waals surface area contributed by atoms with E-state index in [9.17, 15) is 0 Å². The molecule has 1 aromatic heterocycles. The molecule has 1 saturated heterocycles. The summed E-state index contributed by atoms with van der Waals surface area (Å²) in [7, 11) is 0. The number of pyridine rings is 1. The fourth-order valence-electron chi connectivity index (χ4n) is 2.71. The number of benzene rings is 1. The van der Waals surface area contributed by atoms with Crippen molar-refractivity contribution in [3.63, 3.8) is 0 Å². The summed E-state index contributed by atoms with van der Waals surface area (Å²) in [6.45, 7) is 5.23. The van der Waals surface area contributed by atoms with Crippen molar-refractivity contribution in [2.75, 3.05) is 23.3 Å². The number of hydrogen-bond donors (Lipinski definition) is 1. The van der Waals surface area contributed by atoms with Crippen LogP contribution in [0.5, 0.6) is 0 Å². The highest BCUT2D eigenvalue weighted by atomic mass is 79.9. The molecular weight excluding hydrogens is 326 g/mol. The maximum atomic E-state index is 4.40. The highest BCUT2D eigenvalue weighted by molar-refractivity contribution is 9.10. The number of nitrogens with one attached hydrogen (secondary N) is 1. The molecule has 2 aromatic rings. The van der Waals surface area contributed by atoms with E-state index >= 15 is 0 Å². The van der Waals surface area contributed by atoms with Crippen molar-refractivity contribution in [1.29, 1.82) is 0 Å². The molecule has 2 heterocycles. The smallest absolute Gasteiger partial charge is 0.106 e. The van der Waals surface area contributed by atoms with Gasteiger partial charge in [-0.2, -0.15) is 0 Å². The van der Waals surface area contributed by atoms with Gasteiger partial charge in [-0.1, -0.05) is 12.1 Å². The SMILES string of the molecule is Cc1nc(Br)ccc1NCc1ccc(N2CCCC2)cc1. The zero-order chi connectivity index (χ0) is 14.7. The molecule has 1 aliphatic heterocycles. The zero-order valence-corrected chi connectivity index (χ0v) is 13.9. The minimum Gasteiger partial charge on any atom is -0.380 e. The quantitative estimate of drug-likeness (QED) is 0.834. The molecule has 0 bridgehead atoms. The van der Waals surface area contributed by atoms with E-state index in [1.165, 1.54) is 37.2 Å². The molecule has 21 heavy (non-hydrogen) atoms. The van der Waals surface area contributed by atoms with Gasteiger partial charge < -0.3 is 10.2 Å². The van der Waals surface area contributed by atoms with Gasteiger partial charge in [-0.15, -0.1) is 0 Å². The molecule has 3 rings (SSSR count). The molecule has 1 fully saturated rings. The number of aromatic nitrogens is 1. The maximum Gasteiger partial charge on any atom is 0.106 e. The predicted molar refractivity (Wildman–Crippen MR) is 91.9 cm³/mol. The number of rotatable bonds is 4. The molecule has 3 nitrogen and oxygen atoms in total. The fourth-order valence-corrected chi connectivity index (χ4v) is 3.11. The summed E-state index contributed by atoms with van der Waals surface area (Å²) in [6, 6.07) is 12.9. The molecule has 0 amide bonds. The Morgan fingerprint density at radius 3 is 2.48 bits per heavy atom. The highest BCUT2D eigenvalue weighted by Gasteiger charge is 2.11. The molecule has 110 valence electrons. The van der Waals surface area contributed by atoms with Gasteiger partial charge >= 0.3 is 0 Å². The first-order chi connectivity index (χ1) is 10.2. The van der Waals surface area contributed by atoms with Crippen LogP contribution < -0.4 is 10.2 Å². The van der Waals surface area contributed by atoms with Crippen LogP contribution in [0.2, 0.25) is 0 Å². The van der Waals surface area contributed by atoms with Crippen LogP contribution in [0.15, 0.2) is 41.0 Å². The summed E-state index contributed by atoms with van der Waals surface area (Å²) < 4.78 is 0.875. The van der Waals surface area contributed by atoms with Crippen LogP contribution in [0.1, 0.15) is 24.1 Å². The summed E-state index contributed by atoms with van der Waals surface area (Å²) in [5, 5.41) is 3.45. The van der Waals surface area contributed by atoms with Gasteiger partial charge in [0, 0.05) is 25.3 Å². The second-order valence-corrected chi connectivity index (χ2v) is 6.29. The molecule has 0 radical (unpaired) electrons. The maximum absolute atomic E-state index is 4.40. The fraction of sp³-hybridized carbons (Fsp3) is 0.353. The van der Waals surface area contributed by atoms with Crippen LogP contribution in [0.25, 0.3) is 0 Å². The molecule has 1 aliphatic rings. The van der Waals surface area contributed by atoms with Crippen molar-refractivity contribution < 1.29 is 0 Å². The molecule has 0 unspecified atom stereocenters. The van der Waals surface area contributed by atoms with Gasteiger partial charge in [-0.05, 0) is 65.5 Å². The van der Waals surface area contributed by atoms with E-state index in [0.717, 1.165) is 22.5 Å². The average Bonchev–Trinajstić information content (AvgIpc) is 3.01. The lowest BCUT2D eigenvalue weighted by Crippen LogP contribution is -2.17. The molecule has 1 aromatic carbocycles. The number of anilines is 2. The average molecular weight is 346 g/mol. The van der Waals surface area contributed by atoms with Crippen LogP contribution >= 0.6 is 15.9 Å². The zero-order valence-electron chi connectivity index (χ0n) is 12.3. The minimum atomic E-state index is 0.824. The summed E-state index contributed by atoms with van der Waals surface area (Å²) >= 11 is 3.39. The van der Waals surface area contributed by atoms with E-state index in [1.54, 1.807) is 0 Å². The van der Waals surface area contributed by atoms with Crippen LogP contribution in [-0.4, -0.2) is 18.1 Å². The molecule has 0 atom stereocenters. The van der Waals surface area contributed by atoms with E-state index in [0.29, 0.717) is 0 Å². The van der Waals surface area contributed by atoms with Crippen LogP contribution in [-0.2, 0) is 6.54 Å². The van der Waals surface area contributed by atoms with E-state index in [1.807, 2.05) is 13.0 Å². The number of aryl methyl sites for hydroxylation is 1. The summed E-state index contributed by atoms with van der Waals surface area (Å²) in [5.74, 6) is 0. The van der Waals surface area contributed by atoms with Gasteiger partial charge in [-0.25, -0.2) is 4.98 Å². The molecule has 0 saturated carbocycles. The van der Waals surface area contributed by atoms with Crippen molar-refractivity contribution in [3.8, 4) is 0 Å². The van der Waals surface area contributed by atoms with Crippen molar-refractivity contribution >= 4 is 27.3 Å². The van der Waals surface area contributed by atoms with Crippen LogP contribution in [0.4, 0.5) is 11.4 Å². The Hall–Kier alpha value is -1.55. The highest BCUT2D eigenvalue weighted by Crippen LogP contribution is 2.21. The summed E-state index contributed by atoms with van der Waals surface area (Å²) in [6.07, 6.45) is 2.64. The number of halogens is 1. The lowest BCUT2D eigenvalue weighted by molar-refractivity contribution is 0.949. The molecular formula is C17H20BrN3. The van der Waals surface area contributed by atoms with Gasteiger partial charge in [0.05, 0.1) is 11.4 Å². The topological polar surface area (TPSA) is 28.2 Å². The van der Waals surface area contributed by atoms with Gasteiger partial charge in [0.1, 0.15) is 4.60 Å². The second kappa shape index (κ2) is 6.48. The van der Waals surface area contributed by atoms with Crippen molar-refractivity contribution in [1.82, 2.24) is 4.98 Å². The lowest BCUT2D eigenvalue weighted by atomic mass is 10.2. The van der Waals surface area contributed by atoms with E-state index < -0.39 is 0 Å². The first-order valence-electron chi connectivity index (χ1n) is 7.43. The van der Waals surface area contributed by atoms with Crippen LogP contribution in [0.3, 0.4) is 0 Å². The third-order valence-electron chi connectivity index (χ3n) is 3.94. The standard InChI is InChI=1S/C17H20BrN3/c1-13-16(8-9-17(18)20-13)19-12-14-4-6-15(7-5-14)21-10-2-3-11-21/h4-9,19H,2-3,10-12H2,1H3. The van der Waals surface area contributed by atoms with E-state index in [-0.39, 0.29) is 0 Å². The Morgan fingerprint density at radius 2 is 1.81 bits per heavy atom. The first-order valence-corrected chi connectivity index (χ1v) is 8.22. The molecule has 0 spiro atoms. The van der Waals surface area contributed by atoms with Crippen molar-refractivity contribution in [2.24, 2.45) is 0 Å². The number of hydrogen-bond acceptors (Lipinski definition) is 3. The van der Waals surface area contributed by atoms with Gasteiger partial charge in [0.25, 0.3) is 0 Å². The van der Waals surface area contributed by atoms with Crippen molar-refractivity contribution in [3.05, 3.63) is 52.3 Å². The Kier molecular flexibility index (Phi) is 4.44. The third kappa shape index (κ3) is 3.56. The van der Waals surface area contributed by atoms with Gasteiger partial charge in [0.15, 0.2) is 0 Å². The summed E-state index contributed by atoms with van der Waals surface area (Å²) in [5.41, 5.74) is 4.73. The minimum absolute atomic E-state index is 0.824. The van der Waals surface area contributed by atoms with E-state index in [4.69, 9.17) is 0 Å². The van der Waals surface area contributed by atoms with Gasteiger partial charge in [-0.3, -0.25) is 0 Å². The first kappa shape index (κ1) is 14.4. The lowest BCUT2D eigenvalue weighted by Gasteiger charge is -2.18. The van der Waals surface area contributed by atoms with E-state index in [2.05, 4.69) is 61.5 Å². The normalized spacial score (nSPS) is 14.5. The monoisotopic (exact) mass is 345 g/mol. The Labute approximate surface area is 134 Å². The van der Waals surface area contributed by atoms with Crippen molar-refractivity contribution in [2.45, 2.75) is 26.3 Å². The number of nitrogens with zero attached hydrogens (tertiary/aromatic N) is 2. The largest absolute Gasteiger partial charge is 0.380 e.